The first-order valence-corrected chi connectivity index (χ1v) is 7.24. The fourth-order valence-corrected chi connectivity index (χ4v) is 2.01. The summed E-state index contributed by atoms with van der Waals surface area (Å²) < 4.78 is 5.51. The molecule has 1 rings (SSSR count). The van der Waals surface area contributed by atoms with E-state index in [9.17, 15) is 10.2 Å². The van der Waals surface area contributed by atoms with Gasteiger partial charge in [0.1, 0.15) is 18.5 Å². The van der Waals surface area contributed by atoms with Crippen molar-refractivity contribution in [1.29, 1.82) is 0 Å². The number of hydrogen-bond acceptors (Lipinski definition) is 4. The highest BCUT2D eigenvalue weighted by atomic mass is 35.5. The predicted molar refractivity (Wildman–Crippen MR) is 81.3 cm³/mol. The number of aliphatic hydroxyl groups excluding tert-OH is 2. The van der Waals surface area contributed by atoms with Gasteiger partial charge in [0.2, 0.25) is 0 Å². The Labute approximate surface area is 125 Å². The average Bonchev–Trinajstić information content (AvgIpc) is 2.36. The number of ether oxygens (including phenoxy) is 1. The number of aliphatic hydroxyl groups is 2. The third-order valence-corrected chi connectivity index (χ3v) is 3.18. The SMILES string of the molecule is CC(O)CN(CC(O)COc1ccc(Cl)cc1)C(C)C. The van der Waals surface area contributed by atoms with Crippen LogP contribution >= 0.6 is 11.6 Å². The van der Waals surface area contributed by atoms with Crippen LogP contribution in [0.5, 0.6) is 5.75 Å². The van der Waals surface area contributed by atoms with E-state index in [1.807, 2.05) is 18.7 Å². The Bertz CT molecular complexity index is 381. The van der Waals surface area contributed by atoms with Gasteiger partial charge in [-0.2, -0.15) is 0 Å². The molecule has 0 fully saturated rings. The van der Waals surface area contributed by atoms with Crippen molar-refractivity contribution in [2.45, 2.75) is 39.0 Å². The second-order valence-corrected chi connectivity index (χ2v) is 5.75. The van der Waals surface area contributed by atoms with Gasteiger partial charge in [-0.05, 0) is 45.0 Å². The molecule has 2 unspecified atom stereocenters. The zero-order chi connectivity index (χ0) is 15.1. The Morgan fingerprint density at radius 2 is 1.70 bits per heavy atom. The Morgan fingerprint density at radius 3 is 2.20 bits per heavy atom. The highest BCUT2D eigenvalue weighted by molar-refractivity contribution is 6.30. The van der Waals surface area contributed by atoms with E-state index in [1.165, 1.54) is 0 Å². The second kappa shape index (κ2) is 8.47. The molecule has 0 saturated heterocycles. The largest absolute Gasteiger partial charge is 0.491 e. The van der Waals surface area contributed by atoms with Crippen LogP contribution in [0.15, 0.2) is 24.3 Å². The molecule has 0 spiro atoms. The Balaban J connectivity index is 2.41. The summed E-state index contributed by atoms with van der Waals surface area (Å²) in [7, 11) is 0. The maximum Gasteiger partial charge on any atom is 0.119 e. The number of nitrogens with zero attached hydrogens (tertiary/aromatic N) is 1. The van der Waals surface area contributed by atoms with Crippen LogP contribution in [-0.2, 0) is 0 Å². The molecule has 1 aromatic rings. The van der Waals surface area contributed by atoms with Gasteiger partial charge in [-0.1, -0.05) is 11.6 Å². The molecule has 114 valence electrons. The summed E-state index contributed by atoms with van der Waals surface area (Å²) in [5.41, 5.74) is 0. The molecule has 0 aliphatic carbocycles. The maximum absolute atomic E-state index is 10.0. The fraction of sp³-hybridized carbons (Fsp3) is 0.600. The topological polar surface area (TPSA) is 52.9 Å². The van der Waals surface area contributed by atoms with Crippen LogP contribution in [0.1, 0.15) is 20.8 Å². The summed E-state index contributed by atoms with van der Waals surface area (Å²) >= 11 is 5.79. The first kappa shape index (κ1) is 17.2. The standard InChI is InChI=1S/C15H24ClNO3/c1-11(2)17(8-12(3)18)9-14(19)10-20-15-6-4-13(16)5-7-15/h4-7,11-12,14,18-19H,8-10H2,1-3H3. The Morgan fingerprint density at radius 1 is 1.10 bits per heavy atom. The molecule has 0 aliphatic rings. The van der Waals surface area contributed by atoms with E-state index in [2.05, 4.69) is 0 Å². The molecule has 0 bridgehead atoms. The number of hydrogen-bond donors (Lipinski definition) is 2. The monoisotopic (exact) mass is 301 g/mol. The molecular weight excluding hydrogens is 278 g/mol. The van der Waals surface area contributed by atoms with Crippen LogP contribution in [0, 0.1) is 0 Å². The van der Waals surface area contributed by atoms with Gasteiger partial charge < -0.3 is 14.9 Å². The molecule has 1 aromatic carbocycles. The lowest BCUT2D eigenvalue weighted by Crippen LogP contribution is -2.43. The summed E-state index contributed by atoms with van der Waals surface area (Å²) in [5, 5.41) is 20.1. The van der Waals surface area contributed by atoms with Crippen molar-refractivity contribution >= 4 is 11.6 Å². The van der Waals surface area contributed by atoms with Gasteiger partial charge in [0, 0.05) is 24.2 Å². The summed E-state index contributed by atoms with van der Waals surface area (Å²) in [6.07, 6.45) is -1.02. The Hall–Kier alpha value is -0.810. The molecule has 0 saturated carbocycles. The average molecular weight is 302 g/mol. The molecule has 4 nitrogen and oxygen atoms in total. The van der Waals surface area contributed by atoms with Crippen LogP contribution < -0.4 is 4.74 Å². The molecule has 2 N–H and O–H groups in total. The van der Waals surface area contributed by atoms with E-state index in [0.29, 0.717) is 23.9 Å². The summed E-state index contributed by atoms with van der Waals surface area (Å²) in [5.74, 6) is 0.681. The molecule has 0 radical (unpaired) electrons. The van der Waals surface area contributed by atoms with Crippen molar-refractivity contribution < 1.29 is 14.9 Å². The molecule has 20 heavy (non-hydrogen) atoms. The minimum Gasteiger partial charge on any atom is -0.491 e. The van der Waals surface area contributed by atoms with Gasteiger partial charge in [0.15, 0.2) is 0 Å². The maximum atomic E-state index is 10.0. The van der Waals surface area contributed by atoms with E-state index in [4.69, 9.17) is 16.3 Å². The van der Waals surface area contributed by atoms with Gasteiger partial charge in [-0.25, -0.2) is 0 Å². The predicted octanol–water partition coefficient (Wildman–Crippen LogP) is 2.17. The summed E-state index contributed by atoms with van der Waals surface area (Å²) in [6.45, 7) is 7.03. The minimum absolute atomic E-state index is 0.213. The third-order valence-electron chi connectivity index (χ3n) is 2.93. The van der Waals surface area contributed by atoms with Crippen molar-refractivity contribution in [2.75, 3.05) is 19.7 Å². The van der Waals surface area contributed by atoms with Crippen LogP contribution in [0.3, 0.4) is 0 Å². The lowest BCUT2D eigenvalue weighted by molar-refractivity contribution is 0.0366. The van der Waals surface area contributed by atoms with Crippen molar-refractivity contribution in [3.8, 4) is 5.75 Å². The number of rotatable bonds is 8. The van der Waals surface area contributed by atoms with Gasteiger partial charge >= 0.3 is 0 Å². The van der Waals surface area contributed by atoms with Crippen molar-refractivity contribution in [2.24, 2.45) is 0 Å². The zero-order valence-electron chi connectivity index (χ0n) is 12.3. The van der Waals surface area contributed by atoms with Gasteiger partial charge in [0.25, 0.3) is 0 Å². The van der Waals surface area contributed by atoms with Crippen LogP contribution in [-0.4, -0.2) is 53.1 Å². The van der Waals surface area contributed by atoms with Crippen LogP contribution in [0.2, 0.25) is 5.02 Å². The number of halogens is 1. The first-order valence-electron chi connectivity index (χ1n) is 6.87. The van der Waals surface area contributed by atoms with Crippen LogP contribution in [0.4, 0.5) is 0 Å². The third kappa shape index (κ3) is 6.57. The van der Waals surface area contributed by atoms with Gasteiger partial charge in [-0.15, -0.1) is 0 Å². The van der Waals surface area contributed by atoms with E-state index in [0.717, 1.165) is 0 Å². The van der Waals surface area contributed by atoms with Crippen molar-refractivity contribution in [3.63, 3.8) is 0 Å². The normalized spacial score (nSPS) is 14.6. The quantitative estimate of drug-likeness (QED) is 0.773. The smallest absolute Gasteiger partial charge is 0.119 e. The van der Waals surface area contributed by atoms with E-state index in [1.54, 1.807) is 31.2 Å². The minimum atomic E-state index is -0.605. The first-order chi connectivity index (χ1) is 9.38. The fourth-order valence-electron chi connectivity index (χ4n) is 1.88. The van der Waals surface area contributed by atoms with Crippen molar-refractivity contribution in [3.05, 3.63) is 29.3 Å². The van der Waals surface area contributed by atoms with Gasteiger partial charge in [-0.3, -0.25) is 4.90 Å². The molecule has 0 aromatic heterocycles. The van der Waals surface area contributed by atoms with E-state index in [-0.39, 0.29) is 12.6 Å². The highest BCUT2D eigenvalue weighted by Crippen LogP contribution is 2.15. The van der Waals surface area contributed by atoms with E-state index < -0.39 is 12.2 Å². The number of benzene rings is 1. The molecule has 2 atom stereocenters. The summed E-state index contributed by atoms with van der Waals surface area (Å²) in [4.78, 5) is 2.03. The second-order valence-electron chi connectivity index (χ2n) is 5.32. The van der Waals surface area contributed by atoms with Gasteiger partial charge in [0.05, 0.1) is 6.10 Å². The molecule has 5 heteroatoms. The lowest BCUT2D eigenvalue weighted by atomic mass is 10.2. The molecule has 0 aliphatic heterocycles. The summed E-state index contributed by atoms with van der Waals surface area (Å²) in [6, 6.07) is 7.29. The van der Waals surface area contributed by atoms with Crippen LogP contribution in [0.25, 0.3) is 0 Å². The molecule has 0 heterocycles. The molecular formula is C15H24ClNO3. The lowest BCUT2D eigenvalue weighted by Gasteiger charge is -2.29. The molecule has 0 amide bonds. The Kier molecular flexibility index (Phi) is 7.30. The van der Waals surface area contributed by atoms with Crippen molar-refractivity contribution in [1.82, 2.24) is 4.90 Å². The zero-order valence-corrected chi connectivity index (χ0v) is 13.0. The van der Waals surface area contributed by atoms with E-state index >= 15 is 0 Å². The highest BCUT2D eigenvalue weighted by Gasteiger charge is 2.16.